The molecule has 3 heteroatoms. The molecule has 2 aromatic carbocycles. The molecule has 3 aromatic rings. The fourth-order valence-electron chi connectivity index (χ4n) is 2.98. The van der Waals surface area contributed by atoms with Crippen LogP contribution in [0.25, 0.3) is 22.6 Å². The number of benzene rings is 2. The number of aromatic nitrogens is 1. The van der Waals surface area contributed by atoms with Gasteiger partial charge in [0.1, 0.15) is 6.29 Å². The second kappa shape index (κ2) is 4.81. The largest absolute Gasteiger partial charge is 0.321 e. The zero-order valence-electron chi connectivity index (χ0n) is 11.8. The van der Waals surface area contributed by atoms with Crippen LogP contribution in [0.2, 0.25) is 0 Å². The highest BCUT2D eigenvalue weighted by atomic mass is 16.1. The third-order valence-electron chi connectivity index (χ3n) is 4.12. The molecule has 0 bridgehead atoms. The minimum absolute atomic E-state index is 0.0756. The number of nitrogens with one attached hydrogen (secondary N) is 1. The average Bonchev–Trinajstić information content (AvgIpc) is 2.96. The molecule has 0 unspecified atom stereocenters. The Balaban J connectivity index is 1.85. The Hall–Kier alpha value is -2.94. The van der Waals surface area contributed by atoms with E-state index in [1.807, 2.05) is 54.6 Å². The summed E-state index contributed by atoms with van der Waals surface area (Å²) in [6.45, 7) is 0. The van der Waals surface area contributed by atoms with E-state index in [4.69, 9.17) is 0 Å². The van der Waals surface area contributed by atoms with Gasteiger partial charge in [0.05, 0.1) is 0 Å². The first-order valence-corrected chi connectivity index (χ1v) is 7.16. The van der Waals surface area contributed by atoms with Gasteiger partial charge in [0.15, 0.2) is 0 Å². The first-order chi connectivity index (χ1) is 10.7. The number of allylic oxidation sites excluding steroid dienone is 1. The van der Waals surface area contributed by atoms with Crippen molar-refractivity contribution in [1.82, 2.24) is 4.98 Å². The Labute approximate surface area is 126 Å². The summed E-state index contributed by atoms with van der Waals surface area (Å²) < 4.78 is 0. The highest BCUT2D eigenvalue weighted by Gasteiger charge is 2.17. The van der Waals surface area contributed by atoms with Crippen LogP contribution in [0.1, 0.15) is 27.0 Å². The van der Waals surface area contributed by atoms with Crippen LogP contribution in [0.3, 0.4) is 0 Å². The third kappa shape index (κ3) is 1.99. The third-order valence-corrected chi connectivity index (χ3v) is 4.12. The van der Waals surface area contributed by atoms with E-state index in [1.165, 1.54) is 0 Å². The van der Waals surface area contributed by atoms with Gasteiger partial charge in [0, 0.05) is 16.6 Å². The second-order valence-corrected chi connectivity index (χ2v) is 5.52. The number of pyridine rings is 1. The lowest BCUT2D eigenvalue weighted by Crippen LogP contribution is -2.11. The lowest BCUT2D eigenvalue weighted by Gasteiger charge is -2.04. The predicted molar refractivity (Wildman–Crippen MR) is 88.0 cm³/mol. The quantitative estimate of drug-likeness (QED) is 0.734. The minimum atomic E-state index is -0.0756. The van der Waals surface area contributed by atoms with Gasteiger partial charge in [-0.15, -0.1) is 0 Å². The lowest BCUT2D eigenvalue weighted by atomic mass is 10.0. The van der Waals surface area contributed by atoms with Crippen LogP contribution in [0.15, 0.2) is 53.3 Å². The molecule has 0 amide bonds. The average molecular weight is 287 g/mol. The molecule has 4 rings (SSSR count). The Kier molecular flexibility index (Phi) is 2.79. The molecule has 0 fully saturated rings. The van der Waals surface area contributed by atoms with Gasteiger partial charge in [-0.25, -0.2) is 0 Å². The zero-order chi connectivity index (χ0) is 15.1. The van der Waals surface area contributed by atoms with Gasteiger partial charge in [-0.1, -0.05) is 36.4 Å². The van der Waals surface area contributed by atoms with Gasteiger partial charge in [-0.3, -0.25) is 9.59 Å². The van der Waals surface area contributed by atoms with E-state index in [9.17, 15) is 9.59 Å². The second-order valence-electron chi connectivity index (χ2n) is 5.52. The van der Waals surface area contributed by atoms with Crippen molar-refractivity contribution in [2.45, 2.75) is 6.42 Å². The molecule has 1 heterocycles. The van der Waals surface area contributed by atoms with E-state index in [1.54, 1.807) is 0 Å². The van der Waals surface area contributed by atoms with Gasteiger partial charge < -0.3 is 4.98 Å². The summed E-state index contributed by atoms with van der Waals surface area (Å²) in [5.74, 6) is 0. The van der Waals surface area contributed by atoms with Crippen LogP contribution < -0.4 is 5.56 Å². The summed E-state index contributed by atoms with van der Waals surface area (Å²) in [6.07, 6.45) is 3.56. The summed E-state index contributed by atoms with van der Waals surface area (Å²) in [5, 5.41) is 1.02. The number of carbonyl (C=O) groups is 1. The molecule has 0 saturated carbocycles. The number of fused-ring (bicyclic) bond motifs is 2. The molecular formula is C19H13NO2. The maximum absolute atomic E-state index is 12.3. The summed E-state index contributed by atoms with van der Waals surface area (Å²) >= 11 is 0. The molecule has 0 radical (unpaired) electrons. The van der Waals surface area contributed by atoms with Crippen LogP contribution in [0.4, 0.5) is 0 Å². The van der Waals surface area contributed by atoms with Crippen LogP contribution in [-0.4, -0.2) is 11.3 Å². The number of H-pyrrole nitrogens is 1. The van der Waals surface area contributed by atoms with Crippen LogP contribution in [0.5, 0.6) is 0 Å². The molecule has 0 aliphatic heterocycles. The lowest BCUT2D eigenvalue weighted by molar-refractivity contribution is 0.112. The summed E-state index contributed by atoms with van der Waals surface area (Å²) in [6, 6.07) is 15.3. The molecule has 106 valence electrons. The molecule has 3 nitrogen and oxygen atoms in total. The fourth-order valence-corrected chi connectivity index (χ4v) is 2.98. The molecule has 1 aromatic heterocycles. The molecule has 1 aliphatic carbocycles. The predicted octanol–water partition coefficient (Wildman–Crippen LogP) is 3.44. The Morgan fingerprint density at radius 2 is 1.91 bits per heavy atom. The smallest absolute Gasteiger partial charge is 0.255 e. The highest BCUT2D eigenvalue weighted by molar-refractivity contribution is 5.92. The number of para-hydroxylation sites is 1. The van der Waals surface area contributed by atoms with E-state index < -0.39 is 0 Å². The van der Waals surface area contributed by atoms with Gasteiger partial charge in [0.25, 0.3) is 5.56 Å². The molecule has 0 atom stereocenters. The summed E-state index contributed by atoms with van der Waals surface area (Å²) in [7, 11) is 0. The van der Waals surface area contributed by atoms with Crippen molar-refractivity contribution in [3.63, 3.8) is 0 Å². The first-order valence-electron chi connectivity index (χ1n) is 7.16. The Morgan fingerprint density at radius 1 is 1.05 bits per heavy atom. The zero-order valence-corrected chi connectivity index (χ0v) is 11.8. The maximum atomic E-state index is 12.3. The number of hydrogen-bond donors (Lipinski definition) is 1. The standard InChI is InChI=1S/C19H13NO2/c21-11-12-5-6-13-8-16(9-15(13)7-12)17-10-14-3-1-2-4-18(14)20-19(17)22/h1-7,9-11H,8H2,(H,20,22). The van der Waals surface area contributed by atoms with E-state index in [-0.39, 0.29) is 5.56 Å². The Morgan fingerprint density at radius 3 is 2.77 bits per heavy atom. The van der Waals surface area contributed by atoms with Crippen LogP contribution in [-0.2, 0) is 6.42 Å². The molecule has 0 spiro atoms. The van der Waals surface area contributed by atoms with E-state index in [0.29, 0.717) is 11.1 Å². The summed E-state index contributed by atoms with van der Waals surface area (Å²) in [4.78, 5) is 26.2. The first kappa shape index (κ1) is 12.8. The van der Waals surface area contributed by atoms with Crippen molar-refractivity contribution >= 4 is 28.8 Å². The van der Waals surface area contributed by atoms with Crippen molar-refractivity contribution in [1.29, 1.82) is 0 Å². The fraction of sp³-hybridized carbons (Fsp3) is 0.0526. The van der Waals surface area contributed by atoms with Crippen LogP contribution >= 0.6 is 0 Å². The number of rotatable bonds is 2. The molecule has 1 N–H and O–H groups in total. The topological polar surface area (TPSA) is 49.9 Å². The number of hydrogen-bond acceptors (Lipinski definition) is 2. The number of aromatic amines is 1. The van der Waals surface area contributed by atoms with Gasteiger partial charge >= 0.3 is 0 Å². The van der Waals surface area contributed by atoms with Crippen molar-refractivity contribution in [3.8, 4) is 0 Å². The van der Waals surface area contributed by atoms with E-state index >= 15 is 0 Å². The minimum Gasteiger partial charge on any atom is -0.321 e. The maximum Gasteiger partial charge on any atom is 0.255 e. The molecular weight excluding hydrogens is 274 g/mol. The monoisotopic (exact) mass is 287 g/mol. The highest BCUT2D eigenvalue weighted by Crippen LogP contribution is 2.31. The van der Waals surface area contributed by atoms with Crippen molar-refractivity contribution in [2.75, 3.05) is 0 Å². The summed E-state index contributed by atoms with van der Waals surface area (Å²) in [5.41, 5.74) is 5.28. The molecule has 22 heavy (non-hydrogen) atoms. The van der Waals surface area contributed by atoms with Gasteiger partial charge in [-0.2, -0.15) is 0 Å². The number of carbonyl (C=O) groups excluding carboxylic acids is 1. The number of aldehydes is 1. The van der Waals surface area contributed by atoms with E-state index in [2.05, 4.69) is 4.98 Å². The normalized spacial score (nSPS) is 13.0. The molecule has 1 aliphatic rings. The van der Waals surface area contributed by atoms with Crippen LogP contribution in [0, 0.1) is 0 Å². The van der Waals surface area contributed by atoms with Gasteiger partial charge in [0.2, 0.25) is 0 Å². The van der Waals surface area contributed by atoms with Crippen molar-refractivity contribution < 1.29 is 4.79 Å². The van der Waals surface area contributed by atoms with Crippen molar-refractivity contribution in [2.24, 2.45) is 0 Å². The SMILES string of the molecule is O=Cc1ccc2c(c1)C=C(c1cc3ccccc3[nH]c1=O)C2. The molecule has 0 saturated heterocycles. The van der Waals surface area contributed by atoms with Gasteiger partial charge in [-0.05, 0) is 46.7 Å². The van der Waals surface area contributed by atoms with Crippen molar-refractivity contribution in [3.05, 3.63) is 81.1 Å². The Bertz CT molecular complexity index is 996. The van der Waals surface area contributed by atoms with E-state index in [0.717, 1.165) is 40.3 Å².